The number of benzene rings is 1. The molecule has 7 nitrogen and oxygen atoms in total. The first-order valence-corrected chi connectivity index (χ1v) is 5.46. The minimum atomic E-state index is -0.452. The molecule has 7 heteroatoms. The van der Waals surface area contributed by atoms with Crippen molar-refractivity contribution < 1.29 is 10.0 Å². The highest BCUT2D eigenvalue weighted by molar-refractivity contribution is 5.58. The van der Waals surface area contributed by atoms with Crippen molar-refractivity contribution in [2.45, 2.75) is 13.0 Å². The molecule has 0 unspecified atom stereocenters. The molecule has 1 aromatic heterocycles. The number of aromatic nitrogens is 3. The number of nitro benzene ring substituents is 1. The lowest BCUT2D eigenvalue weighted by Gasteiger charge is -1.97. The average molecular weight is 248 g/mol. The van der Waals surface area contributed by atoms with Gasteiger partial charge in [-0.3, -0.25) is 14.8 Å². The summed E-state index contributed by atoms with van der Waals surface area (Å²) in [4.78, 5) is 14.3. The maximum atomic E-state index is 10.7. The molecule has 0 aliphatic carbocycles. The number of hydrogen-bond donors (Lipinski definition) is 1. The molecule has 0 atom stereocenters. The number of aryl methyl sites for hydroxylation is 1. The molecule has 1 aromatic carbocycles. The number of nitro groups is 1. The van der Waals surface area contributed by atoms with E-state index < -0.39 is 4.92 Å². The minimum Gasteiger partial charge on any atom is -0.396 e. The van der Waals surface area contributed by atoms with Crippen molar-refractivity contribution in [2.24, 2.45) is 0 Å². The Morgan fingerprint density at radius 3 is 3.00 bits per heavy atom. The molecule has 94 valence electrons. The summed E-state index contributed by atoms with van der Waals surface area (Å²) in [5, 5.41) is 23.6. The first-order valence-electron chi connectivity index (χ1n) is 5.46. The minimum absolute atomic E-state index is 0.0132. The second-order valence-electron chi connectivity index (χ2n) is 3.72. The van der Waals surface area contributed by atoms with Crippen LogP contribution in [0.25, 0.3) is 11.4 Å². The first-order chi connectivity index (χ1) is 8.70. The van der Waals surface area contributed by atoms with Gasteiger partial charge in [-0.1, -0.05) is 12.1 Å². The fraction of sp³-hybridized carbons (Fsp3) is 0.273. The van der Waals surface area contributed by atoms with Crippen LogP contribution < -0.4 is 0 Å². The molecule has 1 N–H and O–H groups in total. The molecule has 2 aromatic rings. The van der Waals surface area contributed by atoms with Crippen LogP contribution in [0.4, 0.5) is 5.69 Å². The molecule has 0 aliphatic rings. The van der Waals surface area contributed by atoms with Crippen molar-refractivity contribution in [1.29, 1.82) is 0 Å². The summed E-state index contributed by atoms with van der Waals surface area (Å²) in [5.74, 6) is 0.441. The van der Waals surface area contributed by atoms with Gasteiger partial charge in [0, 0.05) is 30.8 Å². The van der Waals surface area contributed by atoms with E-state index in [1.165, 1.54) is 12.1 Å². The quantitative estimate of drug-likeness (QED) is 0.634. The van der Waals surface area contributed by atoms with Gasteiger partial charge in [0.25, 0.3) is 5.69 Å². The van der Waals surface area contributed by atoms with Gasteiger partial charge in [-0.25, -0.2) is 4.98 Å². The Morgan fingerprint density at radius 1 is 1.44 bits per heavy atom. The van der Waals surface area contributed by atoms with E-state index in [1.54, 1.807) is 23.1 Å². The van der Waals surface area contributed by atoms with E-state index >= 15 is 0 Å². The van der Waals surface area contributed by atoms with Gasteiger partial charge >= 0.3 is 0 Å². The lowest BCUT2D eigenvalue weighted by molar-refractivity contribution is -0.384. The van der Waals surface area contributed by atoms with Crippen molar-refractivity contribution in [3.8, 4) is 11.4 Å². The first kappa shape index (κ1) is 12.2. The van der Waals surface area contributed by atoms with E-state index in [0.29, 0.717) is 24.4 Å². The highest BCUT2D eigenvalue weighted by Gasteiger charge is 2.10. The zero-order chi connectivity index (χ0) is 13.0. The Morgan fingerprint density at radius 2 is 2.28 bits per heavy atom. The van der Waals surface area contributed by atoms with Crippen LogP contribution in [0.15, 0.2) is 30.6 Å². The van der Waals surface area contributed by atoms with E-state index in [4.69, 9.17) is 5.11 Å². The molecule has 18 heavy (non-hydrogen) atoms. The molecular formula is C11H12N4O3. The van der Waals surface area contributed by atoms with E-state index in [2.05, 4.69) is 10.1 Å². The van der Waals surface area contributed by atoms with Gasteiger partial charge in [-0.05, 0) is 6.42 Å². The molecule has 0 radical (unpaired) electrons. The van der Waals surface area contributed by atoms with Crippen molar-refractivity contribution in [2.75, 3.05) is 6.61 Å². The van der Waals surface area contributed by atoms with Crippen LogP contribution in [0.3, 0.4) is 0 Å². The second-order valence-corrected chi connectivity index (χ2v) is 3.72. The lowest BCUT2D eigenvalue weighted by atomic mass is 10.2. The summed E-state index contributed by atoms with van der Waals surface area (Å²) in [6.07, 6.45) is 2.14. The third-order valence-electron chi connectivity index (χ3n) is 2.40. The summed E-state index contributed by atoms with van der Waals surface area (Å²) in [7, 11) is 0. The molecule has 0 aliphatic heterocycles. The summed E-state index contributed by atoms with van der Waals surface area (Å²) in [6, 6.07) is 6.18. The predicted molar refractivity (Wildman–Crippen MR) is 63.8 cm³/mol. The average Bonchev–Trinajstić information content (AvgIpc) is 2.85. The fourth-order valence-electron chi connectivity index (χ4n) is 1.53. The lowest BCUT2D eigenvalue weighted by Crippen LogP contribution is -2.00. The van der Waals surface area contributed by atoms with E-state index in [0.717, 1.165) is 0 Å². The zero-order valence-corrected chi connectivity index (χ0v) is 9.56. The second kappa shape index (κ2) is 5.37. The van der Waals surface area contributed by atoms with Gasteiger partial charge in [0.1, 0.15) is 6.33 Å². The molecule has 0 saturated heterocycles. The molecule has 0 bridgehead atoms. The Bertz CT molecular complexity index is 553. The highest BCUT2D eigenvalue weighted by Crippen LogP contribution is 2.20. The molecule has 1 heterocycles. The van der Waals surface area contributed by atoms with Gasteiger partial charge in [-0.15, -0.1) is 0 Å². The van der Waals surface area contributed by atoms with Crippen LogP contribution in [0.5, 0.6) is 0 Å². The Balaban J connectivity index is 2.23. The summed E-state index contributed by atoms with van der Waals surface area (Å²) < 4.78 is 1.60. The summed E-state index contributed by atoms with van der Waals surface area (Å²) >= 11 is 0. The number of aliphatic hydroxyl groups is 1. The van der Waals surface area contributed by atoms with Crippen LogP contribution in [0.1, 0.15) is 6.42 Å². The van der Waals surface area contributed by atoms with Crippen LogP contribution in [0, 0.1) is 10.1 Å². The largest absolute Gasteiger partial charge is 0.396 e. The number of non-ortho nitro benzene ring substituents is 1. The van der Waals surface area contributed by atoms with Crippen LogP contribution in [-0.2, 0) is 6.54 Å². The Hall–Kier alpha value is -2.28. The summed E-state index contributed by atoms with van der Waals surface area (Å²) in [5.41, 5.74) is 0.617. The Kier molecular flexibility index (Phi) is 3.63. The highest BCUT2D eigenvalue weighted by atomic mass is 16.6. The fourth-order valence-corrected chi connectivity index (χ4v) is 1.53. The molecule has 0 fully saturated rings. The van der Waals surface area contributed by atoms with Gasteiger partial charge in [0.15, 0.2) is 5.82 Å². The monoisotopic (exact) mass is 248 g/mol. The van der Waals surface area contributed by atoms with Crippen molar-refractivity contribution in [3.05, 3.63) is 40.7 Å². The molecule has 2 rings (SSSR count). The number of rotatable bonds is 5. The molecule has 0 spiro atoms. The molecular weight excluding hydrogens is 236 g/mol. The van der Waals surface area contributed by atoms with Gasteiger partial charge in [0.05, 0.1) is 4.92 Å². The van der Waals surface area contributed by atoms with Gasteiger partial charge < -0.3 is 5.11 Å². The molecule has 0 amide bonds. The zero-order valence-electron chi connectivity index (χ0n) is 9.56. The van der Waals surface area contributed by atoms with E-state index in [1.807, 2.05) is 0 Å². The van der Waals surface area contributed by atoms with E-state index in [9.17, 15) is 10.1 Å². The normalized spacial score (nSPS) is 10.5. The van der Waals surface area contributed by atoms with Crippen LogP contribution in [-0.4, -0.2) is 31.4 Å². The van der Waals surface area contributed by atoms with Gasteiger partial charge in [-0.2, -0.15) is 5.10 Å². The van der Waals surface area contributed by atoms with E-state index in [-0.39, 0.29) is 12.3 Å². The number of nitrogens with zero attached hydrogens (tertiary/aromatic N) is 4. The standard InChI is InChI=1S/C11H12N4O3/c16-6-2-5-14-8-12-11(13-14)9-3-1-4-10(7-9)15(17)18/h1,3-4,7-8,16H,2,5-6H2. The van der Waals surface area contributed by atoms with Gasteiger partial charge in [0.2, 0.25) is 0 Å². The van der Waals surface area contributed by atoms with Crippen LogP contribution >= 0.6 is 0 Å². The number of hydrogen-bond acceptors (Lipinski definition) is 5. The SMILES string of the molecule is O=[N+]([O-])c1cccc(-c2ncn(CCCO)n2)c1. The van der Waals surface area contributed by atoms with Crippen molar-refractivity contribution in [1.82, 2.24) is 14.8 Å². The maximum absolute atomic E-state index is 10.7. The topological polar surface area (TPSA) is 94.1 Å². The Labute approximate surface area is 103 Å². The van der Waals surface area contributed by atoms with Crippen LogP contribution in [0.2, 0.25) is 0 Å². The third-order valence-corrected chi connectivity index (χ3v) is 2.40. The predicted octanol–water partition coefficient (Wildman–Crippen LogP) is 1.24. The van der Waals surface area contributed by atoms with Crippen molar-refractivity contribution in [3.63, 3.8) is 0 Å². The molecule has 0 saturated carbocycles. The van der Waals surface area contributed by atoms with Crippen molar-refractivity contribution >= 4 is 5.69 Å². The third kappa shape index (κ3) is 2.69. The maximum Gasteiger partial charge on any atom is 0.270 e. The number of aliphatic hydroxyl groups excluding tert-OH is 1. The smallest absolute Gasteiger partial charge is 0.270 e. The summed E-state index contributed by atoms with van der Waals surface area (Å²) in [6.45, 7) is 0.657.